The summed E-state index contributed by atoms with van der Waals surface area (Å²) in [5, 5.41) is 11.4. The van der Waals surface area contributed by atoms with Crippen LogP contribution in [0.4, 0.5) is 0 Å². The van der Waals surface area contributed by atoms with Crippen molar-refractivity contribution in [3.05, 3.63) is 64.5 Å². The molecule has 7 nitrogen and oxygen atoms in total. The van der Waals surface area contributed by atoms with Crippen molar-refractivity contribution >= 4 is 23.3 Å². The molecule has 3 aromatic heterocycles. The first-order valence-corrected chi connectivity index (χ1v) is 9.25. The number of pyridine rings is 2. The molecule has 25 heavy (non-hydrogen) atoms. The first-order valence-electron chi connectivity index (χ1n) is 7.86. The fourth-order valence-electron chi connectivity index (χ4n) is 2.53. The highest BCUT2D eigenvalue weighted by atomic mass is 32.2. The fourth-order valence-corrected chi connectivity index (χ4v) is 3.00. The average molecular weight is 357 g/mol. The van der Waals surface area contributed by atoms with E-state index < -0.39 is 0 Å². The van der Waals surface area contributed by atoms with Gasteiger partial charge < -0.3 is 9.88 Å². The molecule has 0 aliphatic heterocycles. The summed E-state index contributed by atoms with van der Waals surface area (Å²) < 4.78 is 3.29. The number of carbonyl (C=O) groups excluding carboxylic acids is 1. The number of hydrogen-bond acceptors (Lipinski definition) is 5. The largest absolute Gasteiger partial charge is 0.342 e. The second-order valence-corrected chi connectivity index (χ2v) is 6.64. The molecule has 0 aliphatic rings. The highest BCUT2D eigenvalue weighted by Gasteiger charge is 2.21. The molecule has 0 aliphatic carbocycles. The minimum atomic E-state index is -0.295. The van der Waals surface area contributed by atoms with E-state index in [0.717, 1.165) is 11.4 Å². The van der Waals surface area contributed by atoms with E-state index >= 15 is 0 Å². The maximum absolute atomic E-state index is 12.6. The summed E-state index contributed by atoms with van der Waals surface area (Å²) >= 11 is 1.70. The van der Waals surface area contributed by atoms with Crippen LogP contribution in [0.5, 0.6) is 0 Å². The zero-order valence-electron chi connectivity index (χ0n) is 14.0. The van der Waals surface area contributed by atoms with Gasteiger partial charge in [-0.05, 0) is 36.6 Å². The smallest absolute Gasteiger partial charge is 0.252 e. The van der Waals surface area contributed by atoms with E-state index in [4.69, 9.17) is 0 Å². The topological polar surface area (TPSA) is 81.3 Å². The number of amides is 1. The van der Waals surface area contributed by atoms with E-state index in [0.29, 0.717) is 17.8 Å². The highest BCUT2D eigenvalue weighted by Crippen LogP contribution is 2.18. The minimum absolute atomic E-state index is 0.221. The third-order valence-electron chi connectivity index (χ3n) is 3.93. The monoisotopic (exact) mass is 357 g/mol. The van der Waals surface area contributed by atoms with Gasteiger partial charge in [0.2, 0.25) is 0 Å². The van der Waals surface area contributed by atoms with Gasteiger partial charge in [-0.2, -0.15) is 11.8 Å². The third-order valence-corrected chi connectivity index (χ3v) is 4.58. The molecule has 1 atom stereocenters. The molecular formula is C17H19N5O2S. The van der Waals surface area contributed by atoms with Crippen molar-refractivity contribution in [2.75, 3.05) is 12.0 Å². The van der Waals surface area contributed by atoms with Crippen molar-refractivity contribution in [3.8, 4) is 0 Å². The van der Waals surface area contributed by atoms with Gasteiger partial charge in [-0.25, -0.2) is 0 Å². The van der Waals surface area contributed by atoms with E-state index in [2.05, 4.69) is 15.5 Å². The van der Waals surface area contributed by atoms with Gasteiger partial charge >= 0.3 is 0 Å². The molecule has 3 rings (SSSR count). The van der Waals surface area contributed by atoms with Gasteiger partial charge in [0.25, 0.3) is 11.5 Å². The lowest BCUT2D eigenvalue weighted by atomic mass is 10.1. The van der Waals surface area contributed by atoms with Gasteiger partial charge in [0.1, 0.15) is 0 Å². The number of fused-ring (bicyclic) bond motifs is 1. The molecule has 0 radical (unpaired) electrons. The Labute approximate surface area is 149 Å². The summed E-state index contributed by atoms with van der Waals surface area (Å²) in [6.07, 6.45) is 6.19. The second-order valence-electron chi connectivity index (χ2n) is 5.66. The van der Waals surface area contributed by atoms with Crippen molar-refractivity contribution < 1.29 is 4.79 Å². The van der Waals surface area contributed by atoms with Gasteiger partial charge in [0.15, 0.2) is 11.5 Å². The molecule has 8 heteroatoms. The van der Waals surface area contributed by atoms with E-state index in [1.54, 1.807) is 31.1 Å². The third kappa shape index (κ3) is 3.74. The van der Waals surface area contributed by atoms with Crippen molar-refractivity contribution in [1.29, 1.82) is 0 Å². The van der Waals surface area contributed by atoms with Crippen LogP contribution in [0.1, 0.15) is 28.6 Å². The zero-order chi connectivity index (χ0) is 17.8. The van der Waals surface area contributed by atoms with Gasteiger partial charge in [-0.15, -0.1) is 10.2 Å². The molecule has 0 saturated heterocycles. The number of hydrogen-bond donors (Lipinski definition) is 1. The molecule has 130 valence electrons. The quantitative estimate of drug-likeness (QED) is 0.725. The molecule has 0 aromatic carbocycles. The predicted octanol–water partition coefficient (Wildman–Crippen LogP) is 1.65. The number of nitrogens with zero attached hydrogens (tertiary/aromatic N) is 4. The Hall–Kier alpha value is -2.61. The van der Waals surface area contributed by atoms with E-state index in [1.807, 2.05) is 35.1 Å². The molecule has 1 amide bonds. The lowest BCUT2D eigenvalue weighted by molar-refractivity contribution is 0.0933. The molecule has 0 spiro atoms. The van der Waals surface area contributed by atoms with Crippen molar-refractivity contribution in [2.45, 2.75) is 12.5 Å². The first-order chi connectivity index (χ1) is 12.1. The van der Waals surface area contributed by atoms with Crippen LogP contribution in [0.3, 0.4) is 0 Å². The summed E-state index contributed by atoms with van der Waals surface area (Å²) in [7, 11) is 1.65. The van der Waals surface area contributed by atoms with Crippen molar-refractivity contribution in [3.63, 3.8) is 0 Å². The standard InChI is InChI=1S/C17H19N5O2S/c1-21-9-6-12(11-15(21)23)17(24)18-13(7-10-25-2)16-20-19-14-5-3-4-8-22(14)16/h3-6,8-9,11,13H,7,10H2,1-2H3,(H,18,24). The number of rotatable bonds is 6. The summed E-state index contributed by atoms with van der Waals surface area (Å²) in [5.41, 5.74) is 0.849. The normalized spacial score (nSPS) is 12.2. The van der Waals surface area contributed by atoms with Gasteiger partial charge in [-0.1, -0.05) is 6.07 Å². The SMILES string of the molecule is CSCCC(NC(=O)c1ccn(C)c(=O)c1)c1nnc2ccccn12. The van der Waals surface area contributed by atoms with Crippen LogP contribution in [0.2, 0.25) is 0 Å². The maximum atomic E-state index is 12.6. The average Bonchev–Trinajstić information content (AvgIpc) is 3.05. The van der Waals surface area contributed by atoms with Crippen LogP contribution in [0.15, 0.2) is 47.5 Å². The van der Waals surface area contributed by atoms with E-state index in [9.17, 15) is 9.59 Å². The van der Waals surface area contributed by atoms with Gasteiger partial charge in [0, 0.05) is 31.1 Å². The second kappa shape index (κ2) is 7.52. The molecule has 1 N–H and O–H groups in total. The molecular weight excluding hydrogens is 338 g/mol. The Morgan fingerprint density at radius 1 is 1.28 bits per heavy atom. The molecule has 1 unspecified atom stereocenters. The Bertz CT molecular complexity index is 949. The molecule has 0 bridgehead atoms. The van der Waals surface area contributed by atoms with E-state index in [-0.39, 0.29) is 17.5 Å². The number of thioether (sulfide) groups is 1. The lowest BCUT2D eigenvalue weighted by Gasteiger charge is -2.17. The number of carbonyl (C=O) groups is 1. The van der Waals surface area contributed by atoms with Crippen LogP contribution in [-0.4, -0.2) is 37.1 Å². The van der Waals surface area contributed by atoms with Crippen LogP contribution in [0, 0.1) is 0 Å². The lowest BCUT2D eigenvalue weighted by Crippen LogP contribution is -2.31. The maximum Gasteiger partial charge on any atom is 0.252 e. The first kappa shape index (κ1) is 17.2. The Morgan fingerprint density at radius 2 is 2.12 bits per heavy atom. The number of aryl methyl sites for hydroxylation is 1. The van der Waals surface area contributed by atoms with Gasteiger partial charge in [0.05, 0.1) is 6.04 Å². The number of aromatic nitrogens is 4. The van der Waals surface area contributed by atoms with Crippen LogP contribution >= 0.6 is 11.8 Å². The molecule has 0 fully saturated rings. The zero-order valence-corrected chi connectivity index (χ0v) is 14.9. The Balaban J connectivity index is 1.89. The fraction of sp³-hybridized carbons (Fsp3) is 0.294. The van der Waals surface area contributed by atoms with Gasteiger partial charge in [-0.3, -0.25) is 14.0 Å². The highest BCUT2D eigenvalue weighted by molar-refractivity contribution is 7.98. The summed E-state index contributed by atoms with van der Waals surface area (Å²) in [5.74, 6) is 1.25. The summed E-state index contributed by atoms with van der Waals surface area (Å²) in [6.45, 7) is 0. The van der Waals surface area contributed by atoms with Crippen LogP contribution in [-0.2, 0) is 7.05 Å². The predicted molar refractivity (Wildman–Crippen MR) is 97.9 cm³/mol. The molecule has 3 heterocycles. The minimum Gasteiger partial charge on any atom is -0.342 e. The summed E-state index contributed by atoms with van der Waals surface area (Å²) in [6, 6.07) is 8.33. The van der Waals surface area contributed by atoms with Crippen molar-refractivity contribution in [2.24, 2.45) is 7.05 Å². The molecule has 0 saturated carbocycles. The Kier molecular flexibility index (Phi) is 5.18. The summed E-state index contributed by atoms with van der Waals surface area (Å²) in [4.78, 5) is 24.3. The van der Waals surface area contributed by atoms with Crippen LogP contribution < -0.4 is 10.9 Å². The van der Waals surface area contributed by atoms with Crippen molar-refractivity contribution in [1.82, 2.24) is 24.5 Å². The van der Waals surface area contributed by atoms with Crippen LogP contribution in [0.25, 0.3) is 5.65 Å². The molecule has 3 aromatic rings. The number of nitrogens with one attached hydrogen (secondary N) is 1. The Morgan fingerprint density at radius 3 is 2.88 bits per heavy atom. The van der Waals surface area contributed by atoms with E-state index in [1.165, 1.54) is 10.6 Å².